The van der Waals surface area contributed by atoms with Gasteiger partial charge in [0.2, 0.25) is 0 Å². The Kier molecular flexibility index (Phi) is 6.04. The normalized spacial score (nSPS) is 10.9. The SMILES string of the molecule is Cc1cccc(Cn2cccc2C=NNC(=S)Nc2cccc(C)c2C)c1. The molecule has 0 saturated carbocycles. The van der Waals surface area contributed by atoms with Crippen LogP contribution in [0.25, 0.3) is 0 Å². The van der Waals surface area contributed by atoms with Crippen LogP contribution >= 0.6 is 12.2 Å². The Bertz CT molecular complexity index is 972. The summed E-state index contributed by atoms with van der Waals surface area (Å²) in [5.74, 6) is 0. The van der Waals surface area contributed by atoms with Gasteiger partial charge in [-0.15, -0.1) is 0 Å². The van der Waals surface area contributed by atoms with Crippen molar-refractivity contribution in [2.75, 3.05) is 5.32 Å². The number of benzene rings is 2. The highest BCUT2D eigenvalue weighted by Crippen LogP contribution is 2.17. The van der Waals surface area contributed by atoms with Crippen LogP contribution in [-0.2, 0) is 6.54 Å². The van der Waals surface area contributed by atoms with Gasteiger partial charge in [0.15, 0.2) is 5.11 Å². The standard InChI is InChI=1S/C22H24N4S/c1-16-7-4-9-19(13-16)15-26-12-6-10-20(26)14-23-25-22(27)24-21-11-5-8-17(2)18(21)3/h4-14H,15H2,1-3H3,(H2,24,25,27). The molecule has 0 bridgehead atoms. The van der Waals surface area contributed by atoms with E-state index in [0.29, 0.717) is 5.11 Å². The molecule has 5 heteroatoms. The van der Waals surface area contributed by atoms with E-state index in [-0.39, 0.29) is 0 Å². The number of aryl methyl sites for hydroxylation is 2. The number of hydrogen-bond acceptors (Lipinski definition) is 2. The molecule has 1 aromatic heterocycles. The van der Waals surface area contributed by atoms with Crippen molar-refractivity contribution in [1.82, 2.24) is 9.99 Å². The summed E-state index contributed by atoms with van der Waals surface area (Å²) in [6.07, 6.45) is 3.84. The zero-order chi connectivity index (χ0) is 19.2. The van der Waals surface area contributed by atoms with E-state index in [1.807, 2.05) is 24.3 Å². The Morgan fingerprint density at radius 1 is 1.07 bits per heavy atom. The summed E-state index contributed by atoms with van der Waals surface area (Å²) in [4.78, 5) is 0. The lowest BCUT2D eigenvalue weighted by atomic mass is 10.1. The summed E-state index contributed by atoms with van der Waals surface area (Å²) in [7, 11) is 0. The van der Waals surface area contributed by atoms with Crippen LogP contribution in [0.1, 0.15) is 27.9 Å². The molecule has 2 N–H and O–H groups in total. The van der Waals surface area contributed by atoms with E-state index in [0.717, 1.165) is 17.9 Å². The van der Waals surface area contributed by atoms with Gasteiger partial charge in [0.05, 0.1) is 11.9 Å². The van der Waals surface area contributed by atoms with Gasteiger partial charge in [-0.3, -0.25) is 5.43 Å². The van der Waals surface area contributed by atoms with E-state index in [4.69, 9.17) is 12.2 Å². The van der Waals surface area contributed by atoms with E-state index in [1.165, 1.54) is 22.3 Å². The zero-order valence-electron chi connectivity index (χ0n) is 15.9. The number of thiocarbonyl (C=S) groups is 1. The van der Waals surface area contributed by atoms with Crippen molar-refractivity contribution in [3.8, 4) is 0 Å². The van der Waals surface area contributed by atoms with Crippen LogP contribution < -0.4 is 10.7 Å². The maximum atomic E-state index is 5.34. The lowest BCUT2D eigenvalue weighted by Gasteiger charge is -2.11. The molecule has 138 valence electrons. The molecule has 0 aliphatic heterocycles. The van der Waals surface area contributed by atoms with Gasteiger partial charge in [-0.2, -0.15) is 5.10 Å². The molecule has 0 aliphatic carbocycles. The Morgan fingerprint density at radius 2 is 1.89 bits per heavy atom. The molecule has 3 aromatic rings. The number of hydrazone groups is 1. The van der Waals surface area contributed by atoms with Gasteiger partial charge in [-0.05, 0) is 67.9 Å². The second kappa shape index (κ2) is 8.64. The second-order valence-electron chi connectivity index (χ2n) is 6.62. The summed E-state index contributed by atoms with van der Waals surface area (Å²) in [5.41, 5.74) is 9.83. The average Bonchev–Trinajstić information content (AvgIpc) is 3.06. The number of nitrogens with zero attached hydrogens (tertiary/aromatic N) is 2. The monoisotopic (exact) mass is 376 g/mol. The van der Waals surface area contributed by atoms with Gasteiger partial charge in [0.1, 0.15) is 0 Å². The minimum absolute atomic E-state index is 0.469. The number of aromatic nitrogens is 1. The summed E-state index contributed by atoms with van der Waals surface area (Å²) in [6.45, 7) is 7.07. The summed E-state index contributed by atoms with van der Waals surface area (Å²) in [5, 5.41) is 7.94. The van der Waals surface area contributed by atoms with Gasteiger partial charge >= 0.3 is 0 Å². The van der Waals surface area contributed by atoms with Crippen molar-refractivity contribution in [2.45, 2.75) is 27.3 Å². The lowest BCUT2D eigenvalue weighted by Crippen LogP contribution is -2.24. The number of hydrogen-bond donors (Lipinski definition) is 2. The van der Waals surface area contributed by atoms with Crippen molar-refractivity contribution in [2.24, 2.45) is 5.10 Å². The Morgan fingerprint density at radius 3 is 2.70 bits per heavy atom. The van der Waals surface area contributed by atoms with E-state index in [9.17, 15) is 0 Å². The quantitative estimate of drug-likeness (QED) is 0.382. The first-order chi connectivity index (χ1) is 13.0. The van der Waals surface area contributed by atoms with Crippen molar-refractivity contribution in [3.63, 3.8) is 0 Å². The van der Waals surface area contributed by atoms with Gasteiger partial charge in [-0.1, -0.05) is 42.0 Å². The Balaban J connectivity index is 1.61. The molecular weight excluding hydrogens is 352 g/mol. The van der Waals surface area contributed by atoms with Crippen molar-refractivity contribution in [1.29, 1.82) is 0 Å². The minimum atomic E-state index is 0.469. The zero-order valence-corrected chi connectivity index (χ0v) is 16.7. The van der Waals surface area contributed by atoms with Crippen LogP contribution in [0.15, 0.2) is 65.9 Å². The maximum Gasteiger partial charge on any atom is 0.191 e. The third kappa shape index (κ3) is 5.05. The fourth-order valence-corrected chi connectivity index (χ4v) is 3.05. The molecule has 0 aliphatic rings. The van der Waals surface area contributed by atoms with Crippen LogP contribution in [0, 0.1) is 20.8 Å². The Hall–Kier alpha value is -2.92. The molecule has 0 amide bonds. The summed E-state index contributed by atoms with van der Waals surface area (Å²) in [6, 6.07) is 18.7. The molecule has 0 unspecified atom stereocenters. The van der Waals surface area contributed by atoms with Crippen LogP contribution in [0.4, 0.5) is 5.69 Å². The first-order valence-corrected chi connectivity index (χ1v) is 9.31. The van der Waals surface area contributed by atoms with E-state index in [1.54, 1.807) is 6.21 Å². The number of rotatable bonds is 5. The smallest absolute Gasteiger partial charge is 0.191 e. The fourth-order valence-electron chi connectivity index (χ4n) is 2.89. The molecule has 0 fully saturated rings. The number of anilines is 1. The van der Waals surface area contributed by atoms with Crippen molar-refractivity contribution in [3.05, 3.63) is 88.7 Å². The predicted molar refractivity (Wildman–Crippen MR) is 118 cm³/mol. The third-order valence-corrected chi connectivity index (χ3v) is 4.71. The molecule has 0 saturated heterocycles. The van der Waals surface area contributed by atoms with Gasteiger partial charge < -0.3 is 9.88 Å². The second-order valence-corrected chi connectivity index (χ2v) is 7.03. The van der Waals surface area contributed by atoms with E-state index < -0.39 is 0 Å². The van der Waals surface area contributed by atoms with Crippen molar-refractivity contribution >= 4 is 29.2 Å². The molecule has 1 heterocycles. The molecular formula is C22H24N4S. The van der Waals surface area contributed by atoms with Crippen LogP contribution in [0.2, 0.25) is 0 Å². The first-order valence-electron chi connectivity index (χ1n) is 8.90. The predicted octanol–water partition coefficient (Wildman–Crippen LogP) is 4.78. The molecule has 4 nitrogen and oxygen atoms in total. The van der Waals surface area contributed by atoms with Crippen LogP contribution in [0.5, 0.6) is 0 Å². The highest BCUT2D eigenvalue weighted by molar-refractivity contribution is 7.80. The average molecular weight is 377 g/mol. The molecule has 3 rings (SSSR count). The lowest BCUT2D eigenvalue weighted by molar-refractivity contribution is 0.798. The molecule has 0 spiro atoms. The molecule has 0 atom stereocenters. The number of nitrogens with one attached hydrogen (secondary N) is 2. The Labute approximate surface area is 165 Å². The molecule has 0 radical (unpaired) electrons. The summed E-state index contributed by atoms with van der Waals surface area (Å²) >= 11 is 5.34. The van der Waals surface area contributed by atoms with E-state index in [2.05, 4.69) is 77.7 Å². The van der Waals surface area contributed by atoms with Gasteiger partial charge in [0.25, 0.3) is 0 Å². The molecule has 2 aromatic carbocycles. The van der Waals surface area contributed by atoms with Crippen LogP contribution in [0.3, 0.4) is 0 Å². The van der Waals surface area contributed by atoms with Crippen LogP contribution in [-0.4, -0.2) is 15.9 Å². The molecule has 27 heavy (non-hydrogen) atoms. The van der Waals surface area contributed by atoms with Gasteiger partial charge in [0, 0.05) is 18.4 Å². The van der Waals surface area contributed by atoms with E-state index >= 15 is 0 Å². The largest absolute Gasteiger partial charge is 0.342 e. The fraction of sp³-hybridized carbons (Fsp3) is 0.182. The highest BCUT2D eigenvalue weighted by Gasteiger charge is 2.03. The van der Waals surface area contributed by atoms with Crippen molar-refractivity contribution < 1.29 is 0 Å². The maximum absolute atomic E-state index is 5.34. The summed E-state index contributed by atoms with van der Waals surface area (Å²) < 4.78 is 2.15. The first kappa shape index (κ1) is 18.9. The highest BCUT2D eigenvalue weighted by atomic mass is 32.1. The third-order valence-electron chi connectivity index (χ3n) is 4.52. The minimum Gasteiger partial charge on any atom is -0.342 e. The van der Waals surface area contributed by atoms with Gasteiger partial charge in [-0.25, -0.2) is 0 Å². The topological polar surface area (TPSA) is 41.4 Å².